The molecule has 0 saturated carbocycles. The first-order chi connectivity index (χ1) is 15.3. The van der Waals surface area contributed by atoms with Gasteiger partial charge in [-0.15, -0.1) is 0 Å². The fraction of sp³-hybridized carbons (Fsp3) is 0.304. The number of rotatable bonds is 8. The van der Waals surface area contributed by atoms with Crippen LogP contribution in [0.3, 0.4) is 0 Å². The summed E-state index contributed by atoms with van der Waals surface area (Å²) in [5.41, 5.74) is 7.78. The van der Waals surface area contributed by atoms with Crippen molar-refractivity contribution in [1.82, 2.24) is 4.90 Å². The Labute approximate surface area is 186 Å². The van der Waals surface area contributed by atoms with Crippen LogP contribution in [0.2, 0.25) is 0 Å². The molecular weight excluding hydrogens is 412 g/mol. The number of benzene rings is 2. The number of nitrogen functional groups attached to an aromatic ring is 1. The highest BCUT2D eigenvalue weighted by Gasteiger charge is 2.30. The van der Waals surface area contributed by atoms with E-state index in [-0.39, 0.29) is 50.4 Å². The Kier molecular flexibility index (Phi) is 7.09. The van der Waals surface area contributed by atoms with E-state index in [1.54, 1.807) is 44.3 Å². The van der Waals surface area contributed by atoms with Gasteiger partial charge in [0.15, 0.2) is 0 Å². The minimum absolute atomic E-state index is 0.00656. The number of esters is 1. The number of nitrogens with two attached hydrogens (primary N) is 1. The third-order valence-corrected chi connectivity index (χ3v) is 5.11. The monoisotopic (exact) mass is 438 g/mol. The van der Waals surface area contributed by atoms with Crippen molar-refractivity contribution >= 4 is 29.3 Å². The van der Waals surface area contributed by atoms with Crippen molar-refractivity contribution in [3.8, 4) is 5.75 Å². The van der Waals surface area contributed by atoms with Gasteiger partial charge in [-0.2, -0.15) is 0 Å². The Morgan fingerprint density at radius 3 is 2.53 bits per heavy atom. The summed E-state index contributed by atoms with van der Waals surface area (Å²) in [6.07, 6.45) is 0.0123. The molecule has 0 atom stereocenters. The van der Waals surface area contributed by atoms with Crippen molar-refractivity contribution < 1.29 is 23.9 Å². The molecule has 9 nitrogen and oxygen atoms in total. The highest BCUT2D eigenvalue weighted by molar-refractivity contribution is 6.09. The Morgan fingerprint density at radius 2 is 1.88 bits per heavy atom. The highest BCUT2D eigenvalue weighted by atomic mass is 16.5. The minimum atomic E-state index is -0.418. The quantitative estimate of drug-likeness (QED) is 0.368. The van der Waals surface area contributed by atoms with Crippen molar-refractivity contribution in [1.29, 1.82) is 5.41 Å². The number of anilines is 1. The molecule has 0 fully saturated rings. The first-order valence-corrected chi connectivity index (χ1v) is 10.2. The standard InChI is InChI=1S/C23H26N4O5/c1-3-31-21(29)10-11-27-13-20(28)26(2)19-9-8-17(12-18(19)23(27)30)32-14-15-4-6-16(7-5-15)22(24)25/h4-9,12H,3,10-11,13-14H2,1-2H3,(H3,24,25). The summed E-state index contributed by atoms with van der Waals surface area (Å²) >= 11 is 0. The molecule has 0 radical (unpaired) electrons. The predicted molar refractivity (Wildman–Crippen MR) is 119 cm³/mol. The molecule has 9 heteroatoms. The molecule has 0 aromatic heterocycles. The third kappa shape index (κ3) is 5.23. The molecule has 0 bridgehead atoms. The number of likely N-dealkylation sites (N-methyl/N-ethyl adjacent to an activating group) is 1. The molecule has 3 rings (SSSR count). The Morgan fingerprint density at radius 1 is 1.16 bits per heavy atom. The van der Waals surface area contributed by atoms with Gasteiger partial charge in [0.25, 0.3) is 5.91 Å². The molecule has 1 heterocycles. The average Bonchev–Trinajstić information content (AvgIpc) is 2.87. The minimum Gasteiger partial charge on any atom is -0.489 e. The molecule has 0 saturated heterocycles. The lowest BCUT2D eigenvalue weighted by molar-refractivity contribution is -0.143. The van der Waals surface area contributed by atoms with Gasteiger partial charge in [-0.25, -0.2) is 0 Å². The number of hydrogen-bond acceptors (Lipinski definition) is 6. The smallest absolute Gasteiger partial charge is 0.307 e. The molecule has 2 aromatic rings. The summed E-state index contributed by atoms with van der Waals surface area (Å²) in [5, 5.41) is 7.45. The summed E-state index contributed by atoms with van der Waals surface area (Å²) in [7, 11) is 1.61. The number of hydrogen-bond donors (Lipinski definition) is 2. The van der Waals surface area contributed by atoms with Crippen LogP contribution in [0, 0.1) is 5.41 Å². The molecule has 168 valence electrons. The van der Waals surface area contributed by atoms with Gasteiger partial charge in [-0.3, -0.25) is 19.8 Å². The van der Waals surface area contributed by atoms with Crippen molar-refractivity contribution in [2.75, 3.05) is 31.6 Å². The van der Waals surface area contributed by atoms with Crippen LogP contribution in [-0.2, 0) is 20.9 Å². The van der Waals surface area contributed by atoms with Crippen LogP contribution in [0.4, 0.5) is 5.69 Å². The first-order valence-electron chi connectivity index (χ1n) is 10.2. The Hall–Kier alpha value is -3.88. The molecule has 1 aliphatic rings. The van der Waals surface area contributed by atoms with E-state index < -0.39 is 5.97 Å². The van der Waals surface area contributed by atoms with Crippen molar-refractivity contribution in [3.05, 3.63) is 59.2 Å². The molecule has 2 amide bonds. The molecule has 32 heavy (non-hydrogen) atoms. The van der Waals surface area contributed by atoms with Crippen LogP contribution in [0.5, 0.6) is 5.75 Å². The summed E-state index contributed by atoms with van der Waals surface area (Å²) in [6.45, 7) is 2.19. The van der Waals surface area contributed by atoms with Crippen LogP contribution in [-0.4, -0.2) is 55.3 Å². The van der Waals surface area contributed by atoms with Crippen LogP contribution in [0.1, 0.15) is 34.8 Å². The van der Waals surface area contributed by atoms with E-state index in [2.05, 4.69) is 0 Å². The van der Waals surface area contributed by atoms with Crippen LogP contribution in [0.15, 0.2) is 42.5 Å². The molecule has 0 aliphatic carbocycles. The van der Waals surface area contributed by atoms with Gasteiger partial charge in [-0.1, -0.05) is 24.3 Å². The van der Waals surface area contributed by atoms with E-state index in [9.17, 15) is 14.4 Å². The Bertz CT molecular complexity index is 1040. The SMILES string of the molecule is CCOC(=O)CCN1CC(=O)N(C)c2ccc(OCc3ccc(C(=N)N)cc3)cc2C1=O. The lowest BCUT2D eigenvalue weighted by Gasteiger charge is -2.19. The van der Waals surface area contributed by atoms with Gasteiger partial charge in [-0.05, 0) is 30.7 Å². The predicted octanol–water partition coefficient (Wildman–Crippen LogP) is 1.92. The Balaban J connectivity index is 1.77. The van der Waals surface area contributed by atoms with E-state index >= 15 is 0 Å². The van der Waals surface area contributed by atoms with Gasteiger partial charge in [0.1, 0.15) is 24.7 Å². The molecule has 0 spiro atoms. The summed E-state index contributed by atoms with van der Waals surface area (Å²) in [5.74, 6) is -0.550. The second-order valence-corrected chi connectivity index (χ2v) is 7.31. The molecular formula is C23H26N4O5. The second kappa shape index (κ2) is 9.95. The van der Waals surface area contributed by atoms with Crippen molar-refractivity contribution in [3.63, 3.8) is 0 Å². The van der Waals surface area contributed by atoms with E-state index in [4.69, 9.17) is 20.6 Å². The average molecular weight is 438 g/mol. The number of carbonyl (C=O) groups excluding carboxylic acids is 3. The van der Waals surface area contributed by atoms with E-state index in [0.717, 1.165) is 5.56 Å². The number of ether oxygens (including phenoxy) is 2. The number of carbonyl (C=O) groups is 3. The maximum absolute atomic E-state index is 13.1. The topological polar surface area (TPSA) is 126 Å². The molecule has 1 aliphatic heterocycles. The van der Waals surface area contributed by atoms with Gasteiger partial charge in [0.2, 0.25) is 5.91 Å². The fourth-order valence-corrected chi connectivity index (χ4v) is 3.30. The van der Waals surface area contributed by atoms with E-state index in [1.165, 1.54) is 9.80 Å². The number of nitrogens with one attached hydrogen (secondary N) is 1. The van der Waals surface area contributed by atoms with Gasteiger partial charge >= 0.3 is 5.97 Å². The largest absolute Gasteiger partial charge is 0.489 e. The van der Waals surface area contributed by atoms with E-state index in [1.807, 2.05) is 12.1 Å². The number of nitrogens with zero attached hydrogens (tertiary/aromatic N) is 2. The highest BCUT2D eigenvalue weighted by Crippen LogP contribution is 2.29. The normalized spacial score (nSPS) is 13.4. The number of fused-ring (bicyclic) bond motifs is 1. The number of amides is 2. The summed E-state index contributed by atoms with van der Waals surface area (Å²) in [4.78, 5) is 40.2. The number of amidine groups is 1. The van der Waals surface area contributed by atoms with Gasteiger partial charge < -0.3 is 25.0 Å². The van der Waals surface area contributed by atoms with Crippen LogP contribution in [0.25, 0.3) is 0 Å². The lowest BCUT2D eigenvalue weighted by atomic mass is 10.1. The van der Waals surface area contributed by atoms with Gasteiger partial charge in [0, 0.05) is 19.2 Å². The summed E-state index contributed by atoms with van der Waals surface area (Å²) < 4.78 is 10.8. The maximum atomic E-state index is 13.1. The van der Waals surface area contributed by atoms with E-state index in [0.29, 0.717) is 22.6 Å². The second-order valence-electron chi connectivity index (χ2n) is 7.31. The molecule has 0 unspecified atom stereocenters. The van der Waals surface area contributed by atoms with Crippen molar-refractivity contribution in [2.24, 2.45) is 5.73 Å². The zero-order chi connectivity index (χ0) is 23.3. The van der Waals surface area contributed by atoms with Crippen molar-refractivity contribution in [2.45, 2.75) is 20.0 Å². The summed E-state index contributed by atoms with van der Waals surface area (Å²) in [6, 6.07) is 12.1. The zero-order valence-corrected chi connectivity index (χ0v) is 18.1. The van der Waals surface area contributed by atoms with Crippen LogP contribution < -0.4 is 15.4 Å². The first kappa shape index (κ1) is 22.8. The zero-order valence-electron chi connectivity index (χ0n) is 18.1. The fourth-order valence-electron chi connectivity index (χ4n) is 3.30. The van der Waals surface area contributed by atoms with Gasteiger partial charge in [0.05, 0.1) is 24.3 Å². The lowest BCUT2D eigenvalue weighted by Crippen LogP contribution is -2.39. The molecule has 2 aromatic carbocycles. The maximum Gasteiger partial charge on any atom is 0.307 e. The van der Waals surface area contributed by atoms with Crippen LogP contribution >= 0.6 is 0 Å². The molecule has 3 N–H and O–H groups in total. The third-order valence-electron chi connectivity index (χ3n) is 5.11.